The third-order valence-electron chi connectivity index (χ3n) is 3.69. The van der Waals surface area contributed by atoms with Crippen molar-refractivity contribution in [3.63, 3.8) is 0 Å². The number of hydrogen-bond donors (Lipinski definition) is 1. The first-order valence-electron chi connectivity index (χ1n) is 8.07. The molecule has 0 amide bonds. The molecule has 0 unspecified atom stereocenters. The molecule has 0 fully saturated rings. The van der Waals surface area contributed by atoms with Crippen LogP contribution in [0, 0.1) is 6.92 Å². The van der Waals surface area contributed by atoms with E-state index in [1.807, 2.05) is 43.3 Å². The molecule has 2 aromatic carbocycles. The number of oxazole rings is 1. The van der Waals surface area contributed by atoms with E-state index in [9.17, 15) is 8.42 Å². The SMILES string of the molecule is Cc1cc(CCCOS(C)(=O)=O)c2oc(Nc3ccc(Br)cc3)nc2c1. The summed E-state index contributed by atoms with van der Waals surface area (Å²) in [7, 11) is -3.41. The molecule has 8 heteroatoms. The molecule has 3 rings (SSSR count). The molecule has 0 aliphatic heterocycles. The van der Waals surface area contributed by atoms with Crippen LogP contribution in [-0.2, 0) is 20.7 Å². The van der Waals surface area contributed by atoms with Gasteiger partial charge in [-0.1, -0.05) is 22.0 Å². The van der Waals surface area contributed by atoms with Gasteiger partial charge in [0.25, 0.3) is 16.1 Å². The van der Waals surface area contributed by atoms with Crippen molar-refractivity contribution in [2.24, 2.45) is 0 Å². The molecule has 1 aromatic heterocycles. The van der Waals surface area contributed by atoms with Gasteiger partial charge >= 0.3 is 0 Å². The van der Waals surface area contributed by atoms with Crippen LogP contribution in [0.4, 0.5) is 11.7 Å². The maximum atomic E-state index is 11.0. The number of rotatable bonds is 7. The fourth-order valence-corrected chi connectivity index (χ4v) is 3.31. The second-order valence-electron chi connectivity index (χ2n) is 6.05. The molecule has 26 heavy (non-hydrogen) atoms. The van der Waals surface area contributed by atoms with Crippen LogP contribution in [0.25, 0.3) is 11.1 Å². The maximum absolute atomic E-state index is 11.0. The average Bonchev–Trinajstić information content (AvgIpc) is 2.95. The van der Waals surface area contributed by atoms with Crippen molar-refractivity contribution in [2.75, 3.05) is 18.2 Å². The van der Waals surface area contributed by atoms with E-state index in [1.165, 1.54) is 0 Å². The number of nitrogens with one attached hydrogen (secondary N) is 1. The van der Waals surface area contributed by atoms with Crippen molar-refractivity contribution in [1.82, 2.24) is 4.98 Å². The summed E-state index contributed by atoms with van der Waals surface area (Å²) >= 11 is 3.40. The lowest BCUT2D eigenvalue weighted by molar-refractivity contribution is 0.316. The van der Waals surface area contributed by atoms with Gasteiger partial charge in [-0.25, -0.2) is 0 Å². The summed E-state index contributed by atoms with van der Waals surface area (Å²) in [6.07, 6.45) is 2.26. The Morgan fingerprint density at radius 3 is 2.65 bits per heavy atom. The Morgan fingerprint density at radius 2 is 1.96 bits per heavy atom. The van der Waals surface area contributed by atoms with Crippen LogP contribution in [-0.4, -0.2) is 26.3 Å². The highest BCUT2D eigenvalue weighted by molar-refractivity contribution is 9.10. The van der Waals surface area contributed by atoms with Crippen LogP contribution >= 0.6 is 15.9 Å². The second-order valence-corrected chi connectivity index (χ2v) is 8.61. The van der Waals surface area contributed by atoms with Gasteiger partial charge in [0.2, 0.25) is 0 Å². The molecule has 0 bridgehead atoms. The van der Waals surface area contributed by atoms with Gasteiger partial charge in [0.15, 0.2) is 5.58 Å². The molecule has 0 atom stereocenters. The normalized spacial score (nSPS) is 11.8. The third kappa shape index (κ3) is 5.06. The topological polar surface area (TPSA) is 81.4 Å². The van der Waals surface area contributed by atoms with E-state index in [0.717, 1.165) is 33.1 Å². The quantitative estimate of drug-likeness (QED) is 0.430. The minimum absolute atomic E-state index is 0.145. The van der Waals surface area contributed by atoms with Gasteiger partial charge in [-0.15, -0.1) is 0 Å². The molecule has 0 saturated carbocycles. The highest BCUT2D eigenvalue weighted by Gasteiger charge is 2.12. The molecule has 3 aromatic rings. The summed E-state index contributed by atoms with van der Waals surface area (Å²) in [4.78, 5) is 4.50. The van der Waals surface area contributed by atoms with Gasteiger partial charge in [0.1, 0.15) is 5.52 Å². The van der Waals surface area contributed by atoms with Crippen molar-refractivity contribution in [3.05, 3.63) is 52.0 Å². The highest BCUT2D eigenvalue weighted by Crippen LogP contribution is 2.27. The number of hydrogen-bond acceptors (Lipinski definition) is 6. The Bertz CT molecular complexity index is 1010. The molecule has 138 valence electrons. The van der Waals surface area contributed by atoms with E-state index in [0.29, 0.717) is 24.4 Å². The van der Waals surface area contributed by atoms with Crippen LogP contribution in [0.1, 0.15) is 17.5 Å². The molecule has 6 nitrogen and oxygen atoms in total. The van der Waals surface area contributed by atoms with Crippen molar-refractivity contribution >= 4 is 48.8 Å². The van der Waals surface area contributed by atoms with Crippen LogP contribution < -0.4 is 5.32 Å². The first-order valence-corrected chi connectivity index (χ1v) is 10.7. The van der Waals surface area contributed by atoms with Gasteiger partial charge in [-0.2, -0.15) is 13.4 Å². The molecule has 0 spiro atoms. The Hall–Kier alpha value is -1.90. The second kappa shape index (κ2) is 7.77. The first kappa shape index (κ1) is 18.9. The number of nitrogens with zero attached hydrogens (tertiary/aromatic N) is 1. The lowest BCUT2D eigenvalue weighted by Gasteiger charge is -2.04. The van der Waals surface area contributed by atoms with E-state index in [4.69, 9.17) is 8.60 Å². The fraction of sp³-hybridized carbons (Fsp3) is 0.278. The Kier molecular flexibility index (Phi) is 5.64. The van der Waals surface area contributed by atoms with E-state index < -0.39 is 10.1 Å². The van der Waals surface area contributed by atoms with Crippen LogP contribution in [0.5, 0.6) is 0 Å². The number of anilines is 2. The molecule has 1 heterocycles. The van der Waals surface area contributed by atoms with Gasteiger partial charge in [-0.3, -0.25) is 4.18 Å². The summed E-state index contributed by atoms with van der Waals surface area (Å²) < 4.78 is 33.8. The van der Waals surface area contributed by atoms with E-state index in [1.54, 1.807) is 0 Å². The molecule has 0 aliphatic rings. The number of benzene rings is 2. The zero-order valence-corrected chi connectivity index (χ0v) is 16.9. The molecule has 1 N–H and O–H groups in total. The fourth-order valence-electron chi connectivity index (χ4n) is 2.63. The highest BCUT2D eigenvalue weighted by atomic mass is 79.9. The lowest BCUT2D eigenvalue weighted by atomic mass is 10.1. The third-order valence-corrected chi connectivity index (χ3v) is 4.82. The number of fused-ring (bicyclic) bond motifs is 1. The number of aromatic nitrogens is 1. The number of halogens is 1. The molecule has 0 saturated heterocycles. The summed E-state index contributed by atoms with van der Waals surface area (Å²) in [5.74, 6) is 0. The summed E-state index contributed by atoms with van der Waals surface area (Å²) in [5, 5.41) is 3.15. The standard InChI is InChI=1S/C18H19BrN2O4S/c1-12-10-13(4-3-9-24-26(2,22)23)17-16(11-12)21-18(25-17)20-15-7-5-14(19)6-8-15/h5-8,10-11H,3-4,9H2,1-2H3,(H,20,21). The van der Waals surface area contributed by atoms with Crippen molar-refractivity contribution in [3.8, 4) is 0 Å². The minimum Gasteiger partial charge on any atom is -0.423 e. The predicted octanol–water partition coefficient (Wildman–Crippen LogP) is 4.55. The Morgan fingerprint density at radius 1 is 1.23 bits per heavy atom. The first-order chi connectivity index (χ1) is 12.3. The molecule has 0 aliphatic carbocycles. The van der Waals surface area contributed by atoms with E-state index >= 15 is 0 Å². The zero-order chi connectivity index (χ0) is 18.7. The summed E-state index contributed by atoms with van der Waals surface area (Å²) in [6.45, 7) is 2.14. The van der Waals surface area contributed by atoms with Gasteiger partial charge < -0.3 is 9.73 Å². The Balaban J connectivity index is 1.78. The monoisotopic (exact) mass is 438 g/mol. The predicted molar refractivity (Wildman–Crippen MR) is 105 cm³/mol. The van der Waals surface area contributed by atoms with Gasteiger partial charge in [0.05, 0.1) is 12.9 Å². The largest absolute Gasteiger partial charge is 0.423 e. The van der Waals surface area contributed by atoms with Gasteiger partial charge in [-0.05, 0) is 61.2 Å². The van der Waals surface area contributed by atoms with Crippen molar-refractivity contribution in [2.45, 2.75) is 19.8 Å². The summed E-state index contributed by atoms with van der Waals surface area (Å²) in [5.41, 5.74) is 4.39. The minimum atomic E-state index is -3.41. The van der Waals surface area contributed by atoms with E-state index in [-0.39, 0.29) is 6.61 Å². The van der Waals surface area contributed by atoms with Gasteiger partial charge in [0, 0.05) is 10.2 Å². The molecular weight excluding hydrogens is 420 g/mol. The van der Waals surface area contributed by atoms with Crippen molar-refractivity contribution in [1.29, 1.82) is 0 Å². The van der Waals surface area contributed by atoms with Crippen LogP contribution in [0.15, 0.2) is 45.3 Å². The smallest absolute Gasteiger partial charge is 0.300 e. The lowest BCUT2D eigenvalue weighted by Crippen LogP contribution is -2.05. The zero-order valence-electron chi connectivity index (χ0n) is 14.5. The number of aryl methyl sites for hydroxylation is 2. The van der Waals surface area contributed by atoms with E-state index in [2.05, 4.69) is 26.2 Å². The van der Waals surface area contributed by atoms with Crippen molar-refractivity contribution < 1.29 is 17.0 Å². The average molecular weight is 439 g/mol. The Labute approximate surface area is 160 Å². The summed E-state index contributed by atoms with van der Waals surface area (Å²) in [6, 6.07) is 12.1. The van der Waals surface area contributed by atoms with Crippen LogP contribution in [0.2, 0.25) is 0 Å². The maximum Gasteiger partial charge on any atom is 0.300 e. The van der Waals surface area contributed by atoms with Crippen LogP contribution in [0.3, 0.4) is 0 Å². The molecule has 0 radical (unpaired) electrons. The molecular formula is C18H19BrN2O4S.